The highest BCUT2D eigenvalue weighted by Gasteiger charge is 2.07. The molecule has 0 aliphatic rings. The van der Waals surface area contributed by atoms with Crippen molar-refractivity contribution in [2.24, 2.45) is 0 Å². The van der Waals surface area contributed by atoms with Gasteiger partial charge in [0.05, 0.1) is 5.69 Å². The number of hydrogen-bond donors (Lipinski definition) is 0. The number of rotatable bonds is 2. The van der Waals surface area contributed by atoms with Gasteiger partial charge in [-0.3, -0.25) is 0 Å². The van der Waals surface area contributed by atoms with Gasteiger partial charge >= 0.3 is 0 Å². The average molecular weight is 155 g/mol. The number of pyridine rings is 1. The van der Waals surface area contributed by atoms with Gasteiger partial charge in [0.25, 0.3) is 6.43 Å². The molecule has 0 N–H and O–H groups in total. The van der Waals surface area contributed by atoms with Crippen LogP contribution in [0.4, 0.5) is 8.78 Å². The van der Waals surface area contributed by atoms with Crippen molar-refractivity contribution in [2.75, 3.05) is 0 Å². The van der Waals surface area contributed by atoms with Crippen LogP contribution in [0.3, 0.4) is 0 Å². The van der Waals surface area contributed by atoms with Gasteiger partial charge < -0.3 is 0 Å². The van der Waals surface area contributed by atoms with Crippen LogP contribution in [-0.2, 0) is 0 Å². The molecule has 0 spiro atoms. The highest BCUT2D eigenvalue weighted by molar-refractivity contribution is 5.41. The first-order valence-corrected chi connectivity index (χ1v) is 3.11. The maximum absolute atomic E-state index is 12.0. The summed E-state index contributed by atoms with van der Waals surface area (Å²) in [5, 5.41) is 0. The van der Waals surface area contributed by atoms with Crippen LogP contribution in [-0.4, -0.2) is 4.98 Å². The lowest BCUT2D eigenvalue weighted by Crippen LogP contribution is -1.90. The Labute approximate surface area is 63.4 Å². The minimum absolute atomic E-state index is 0.206. The van der Waals surface area contributed by atoms with Crippen molar-refractivity contribution < 1.29 is 8.78 Å². The molecule has 1 heterocycles. The second kappa shape index (κ2) is 3.23. The van der Waals surface area contributed by atoms with E-state index in [1.54, 1.807) is 6.07 Å². The molecule has 0 bridgehead atoms. The van der Waals surface area contributed by atoms with Crippen LogP contribution < -0.4 is 0 Å². The third-order valence-corrected chi connectivity index (χ3v) is 1.22. The molecular formula is C8H7F2N. The van der Waals surface area contributed by atoms with Crippen LogP contribution in [0, 0.1) is 0 Å². The number of hydrogen-bond acceptors (Lipinski definition) is 1. The number of halogens is 2. The van der Waals surface area contributed by atoms with Crippen molar-refractivity contribution in [3.8, 4) is 0 Å². The van der Waals surface area contributed by atoms with Gasteiger partial charge in [0.15, 0.2) is 0 Å². The van der Waals surface area contributed by atoms with Crippen molar-refractivity contribution >= 4 is 6.08 Å². The van der Waals surface area contributed by atoms with Crippen molar-refractivity contribution in [1.82, 2.24) is 4.98 Å². The smallest absolute Gasteiger partial charge is 0.247 e. The van der Waals surface area contributed by atoms with Crippen LogP contribution in [0.2, 0.25) is 0 Å². The van der Waals surface area contributed by atoms with Gasteiger partial charge in [0.2, 0.25) is 0 Å². The molecule has 1 rings (SSSR count). The highest BCUT2D eigenvalue weighted by atomic mass is 19.3. The Kier molecular flexibility index (Phi) is 2.31. The zero-order valence-corrected chi connectivity index (χ0v) is 5.80. The van der Waals surface area contributed by atoms with Crippen molar-refractivity contribution in [1.29, 1.82) is 0 Å². The predicted molar refractivity (Wildman–Crippen MR) is 39.3 cm³/mol. The fraction of sp³-hybridized carbons (Fsp3) is 0.125. The molecule has 0 radical (unpaired) electrons. The molecule has 1 aromatic rings. The van der Waals surface area contributed by atoms with E-state index in [2.05, 4.69) is 11.6 Å². The Morgan fingerprint density at radius 2 is 2.18 bits per heavy atom. The Morgan fingerprint density at radius 3 is 2.73 bits per heavy atom. The van der Waals surface area contributed by atoms with Crippen LogP contribution in [0.1, 0.15) is 17.8 Å². The van der Waals surface area contributed by atoms with Gasteiger partial charge in [-0.2, -0.15) is 0 Å². The summed E-state index contributed by atoms with van der Waals surface area (Å²) in [5.74, 6) is 0. The van der Waals surface area contributed by atoms with Gasteiger partial charge in [-0.1, -0.05) is 12.6 Å². The molecule has 0 amide bonds. The third kappa shape index (κ3) is 1.83. The Bertz CT molecular complexity index is 258. The first-order chi connectivity index (χ1) is 5.24. The normalized spacial score (nSPS) is 10.1. The molecule has 0 saturated carbocycles. The van der Waals surface area contributed by atoms with E-state index in [0.29, 0.717) is 5.69 Å². The van der Waals surface area contributed by atoms with Crippen molar-refractivity contribution in [3.63, 3.8) is 0 Å². The molecule has 0 aromatic carbocycles. The second-order valence-electron chi connectivity index (χ2n) is 1.99. The Morgan fingerprint density at radius 1 is 1.45 bits per heavy atom. The van der Waals surface area contributed by atoms with E-state index < -0.39 is 6.43 Å². The summed E-state index contributed by atoms with van der Waals surface area (Å²) in [4.78, 5) is 3.62. The lowest BCUT2D eigenvalue weighted by Gasteiger charge is -1.98. The molecule has 0 fully saturated rings. The van der Waals surface area contributed by atoms with Crippen molar-refractivity contribution in [2.45, 2.75) is 6.43 Å². The standard InChI is InChI=1S/C8H7F2N/c1-2-6-4-3-5-7(11-6)8(9)10/h2-5,8H,1H2. The van der Waals surface area contributed by atoms with Crippen LogP contribution in [0.15, 0.2) is 24.8 Å². The summed E-state index contributed by atoms with van der Waals surface area (Å²) in [6, 6.07) is 4.45. The predicted octanol–water partition coefficient (Wildman–Crippen LogP) is 2.66. The largest absolute Gasteiger partial charge is 0.280 e. The SMILES string of the molecule is C=Cc1cccc(C(F)F)n1. The number of alkyl halides is 2. The van der Waals surface area contributed by atoms with Crippen molar-refractivity contribution in [3.05, 3.63) is 36.2 Å². The summed E-state index contributed by atoms with van der Waals surface area (Å²) in [7, 11) is 0. The highest BCUT2D eigenvalue weighted by Crippen LogP contribution is 2.15. The number of nitrogens with zero attached hydrogens (tertiary/aromatic N) is 1. The summed E-state index contributed by atoms with van der Waals surface area (Å²) in [6.07, 6.45) is -1.07. The molecule has 0 aliphatic heterocycles. The van der Waals surface area contributed by atoms with Gasteiger partial charge in [-0.05, 0) is 18.2 Å². The topological polar surface area (TPSA) is 12.9 Å². The maximum atomic E-state index is 12.0. The van der Waals surface area contributed by atoms with Crippen LogP contribution >= 0.6 is 0 Å². The van der Waals surface area contributed by atoms with E-state index >= 15 is 0 Å². The minimum atomic E-state index is -2.50. The maximum Gasteiger partial charge on any atom is 0.280 e. The molecule has 1 nitrogen and oxygen atoms in total. The first-order valence-electron chi connectivity index (χ1n) is 3.11. The molecule has 0 aliphatic carbocycles. The second-order valence-corrected chi connectivity index (χ2v) is 1.99. The Balaban J connectivity index is 3.00. The van der Waals surface area contributed by atoms with Crippen LogP contribution in [0.25, 0.3) is 6.08 Å². The molecule has 0 unspecified atom stereocenters. The molecule has 0 saturated heterocycles. The molecule has 3 heteroatoms. The summed E-state index contributed by atoms with van der Waals surface area (Å²) in [5.41, 5.74) is 0.269. The average Bonchev–Trinajstić information content (AvgIpc) is 2.05. The zero-order valence-electron chi connectivity index (χ0n) is 5.80. The zero-order chi connectivity index (χ0) is 8.27. The van der Waals surface area contributed by atoms with Gasteiger partial charge in [-0.15, -0.1) is 0 Å². The number of aromatic nitrogens is 1. The van der Waals surface area contributed by atoms with E-state index in [9.17, 15) is 8.78 Å². The van der Waals surface area contributed by atoms with E-state index in [1.165, 1.54) is 18.2 Å². The Hall–Kier alpha value is -1.25. The van der Waals surface area contributed by atoms with Gasteiger partial charge in [0.1, 0.15) is 5.69 Å². The summed E-state index contributed by atoms with van der Waals surface area (Å²) >= 11 is 0. The van der Waals surface area contributed by atoms with E-state index in [4.69, 9.17) is 0 Å². The lowest BCUT2D eigenvalue weighted by molar-refractivity contribution is 0.146. The summed E-state index contributed by atoms with van der Waals surface area (Å²) in [6.45, 7) is 3.42. The molecule has 58 valence electrons. The van der Waals surface area contributed by atoms with Gasteiger partial charge in [-0.25, -0.2) is 13.8 Å². The third-order valence-electron chi connectivity index (χ3n) is 1.22. The molecule has 1 aromatic heterocycles. The van der Waals surface area contributed by atoms with E-state index in [1.807, 2.05) is 0 Å². The molecular weight excluding hydrogens is 148 g/mol. The lowest BCUT2D eigenvalue weighted by atomic mass is 10.3. The molecule has 0 atom stereocenters. The minimum Gasteiger partial charge on any atom is -0.247 e. The first kappa shape index (κ1) is 7.85. The van der Waals surface area contributed by atoms with E-state index in [-0.39, 0.29) is 5.69 Å². The monoisotopic (exact) mass is 155 g/mol. The van der Waals surface area contributed by atoms with Gasteiger partial charge in [0, 0.05) is 0 Å². The quantitative estimate of drug-likeness (QED) is 0.639. The van der Waals surface area contributed by atoms with Crippen LogP contribution in [0.5, 0.6) is 0 Å². The fourth-order valence-electron chi connectivity index (χ4n) is 0.704. The summed E-state index contributed by atoms with van der Waals surface area (Å²) < 4.78 is 24.0. The fourth-order valence-corrected chi connectivity index (χ4v) is 0.704. The molecule has 11 heavy (non-hydrogen) atoms. The van der Waals surface area contributed by atoms with E-state index in [0.717, 1.165) is 0 Å².